The van der Waals surface area contributed by atoms with Crippen LogP contribution in [0.5, 0.6) is 5.75 Å². The van der Waals surface area contributed by atoms with Crippen LogP contribution >= 0.6 is 0 Å². The Morgan fingerprint density at radius 3 is 2.71 bits per heavy atom. The van der Waals surface area contributed by atoms with E-state index in [1.807, 2.05) is 32.0 Å². The van der Waals surface area contributed by atoms with Crippen LogP contribution in [0, 0.1) is 5.82 Å². The van der Waals surface area contributed by atoms with Gasteiger partial charge in [-0.3, -0.25) is 9.00 Å². The van der Waals surface area contributed by atoms with Crippen molar-refractivity contribution in [1.29, 1.82) is 0 Å². The third-order valence-corrected chi connectivity index (χ3v) is 6.77. The molecule has 0 aromatic heterocycles. The van der Waals surface area contributed by atoms with Crippen molar-refractivity contribution in [2.45, 2.75) is 45.1 Å². The number of carbonyl (C=O) groups is 1. The monoisotopic (exact) mass is 497 g/mol. The molecule has 2 aromatic carbocycles. The molecule has 1 amide bonds. The van der Waals surface area contributed by atoms with E-state index in [1.54, 1.807) is 30.2 Å². The molecule has 0 bridgehead atoms. The number of fused-ring (bicyclic) bond motifs is 1. The molecule has 0 saturated carbocycles. The van der Waals surface area contributed by atoms with Gasteiger partial charge in [0, 0.05) is 35.7 Å². The van der Waals surface area contributed by atoms with Crippen LogP contribution in [0.15, 0.2) is 58.2 Å². The fraction of sp³-hybridized carbons (Fsp3) is 0.333. The highest BCUT2D eigenvalue weighted by molar-refractivity contribution is 7.84. The van der Waals surface area contributed by atoms with E-state index in [-0.39, 0.29) is 16.4 Å². The second-order valence-electron chi connectivity index (χ2n) is 8.15. The standard InChI is InChI=1S/C27H32FN3O3S/c1-5-8-19(16-30-25(29)7-3)18-9-11-23-20(15-18)17-31(13-14-34-23)27(32)22-10-12-24(35(4)33)26(28)21(22)6-2/h7-12,15-16H,5-6,13-14,17,29H2,1-4H3/b19-8-,25-7-,30-16-. The van der Waals surface area contributed by atoms with Crippen molar-refractivity contribution >= 4 is 28.5 Å². The molecule has 3 rings (SSSR count). The molecule has 186 valence electrons. The summed E-state index contributed by atoms with van der Waals surface area (Å²) in [6.45, 7) is 6.67. The summed E-state index contributed by atoms with van der Waals surface area (Å²) in [6.07, 6.45) is 8.09. The summed E-state index contributed by atoms with van der Waals surface area (Å²) in [5.41, 5.74) is 9.11. The number of aliphatic imine (C=N–C) groups is 1. The first-order chi connectivity index (χ1) is 16.8. The molecule has 0 fully saturated rings. The van der Waals surface area contributed by atoms with Gasteiger partial charge in [0.2, 0.25) is 0 Å². The zero-order valence-electron chi connectivity index (χ0n) is 20.6. The summed E-state index contributed by atoms with van der Waals surface area (Å²) >= 11 is 0. The second-order valence-corrected chi connectivity index (χ2v) is 9.50. The lowest BCUT2D eigenvalue weighted by atomic mass is 10.0. The van der Waals surface area contributed by atoms with E-state index in [9.17, 15) is 13.4 Å². The van der Waals surface area contributed by atoms with Crippen molar-refractivity contribution in [3.8, 4) is 5.75 Å². The van der Waals surface area contributed by atoms with Gasteiger partial charge in [0.15, 0.2) is 0 Å². The van der Waals surface area contributed by atoms with E-state index in [4.69, 9.17) is 10.5 Å². The Morgan fingerprint density at radius 1 is 1.29 bits per heavy atom. The Bertz CT molecular complexity index is 1220. The van der Waals surface area contributed by atoms with E-state index < -0.39 is 16.6 Å². The number of rotatable bonds is 7. The average molecular weight is 498 g/mol. The Labute approximate surface area is 208 Å². The van der Waals surface area contributed by atoms with Crippen LogP contribution in [0.25, 0.3) is 5.57 Å². The smallest absolute Gasteiger partial charge is 0.254 e. The van der Waals surface area contributed by atoms with Crippen LogP contribution in [0.1, 0.15) is 54.2 Å². The minimum Gasteiger partial charge on any atom is -0.491 e. The SMILES string of the molecule is C\C=C(N)/N=C\C(=C\CC)c1ccc2c(c1)CN(C(=O)c1ccc(S(C)=O)c(F)c1CC)CCO2. The minimum absolute atomic E-state index is 0.114. The summed E-state index contributed by atoms with van der Waals surface area (Å²) in [7, 11) is -1.47. The molecule has 1 atom stereocenters. The maximum absolute atomic E-state index is 15.0. The Hall–Kier alpha value is -3.26. The Kier molecular flexibility index (Phi) is 8.98. The van der Waals surface area contributed by atoms with Gasteiger partial charge in [-0.15, -0.1) is 0 Å². The van der Waals surface area contributed by atoms with E-state index in [0.29, 0.717) is 43.3 Å². The van der Waals surface area contributed by atoms with Crippen LogP contribution in [0.3, 0.4) is 0 Å². The van der Waals surface area contributed by atoms with Gasteiger partial charge in [0.25, 0.3) is 5.91 Å². The molecule has 0 aliphatic carbocycles. The normalized spacial score (nSPS) is 15.5. The first-order valence-electron chi connectivity index (χ1n) is 11.7. The summed E-state index contributed by atoms with van der Waals surface area (Å²) in [6, 6.07) is 8.87. The fourth-order valence-corrected chi connectivity index (χ4v) is 4.60. The van der Waals surface area contributed by atoms with Crippen LogP contribution in [-0.2, 0) is 23.8 Å². The molecule has 0 saturated heterocycles. The molecular weight excluding hydrogens is 465 g/mol. The third-order valence-electron chi connectivity index (χ3n) is 5.83. The number of amides is 1. The molecule has 0 radical (unpaired) electrons. The zero-order valence-corrected chi connectivity index (χ0v) is 21.5. The Morgan fingerprint density at radius 2 is 2.06 bits per heavy atom. The van der Waals surface area contributed by atoms with Gasteiger partial charge in [-0.05, 0) is 61.2 Å². The highest BCUT2D eigenvalue weighted by Gasteiger charge is 2.25. The number of allylic oxidation sites excluding steroid dienone is 3. The lowest BCUT2D eigenvalue weighted by molar-refractivity contribution is 0.0731. The maximum Gasteiger partial charge on any atom is 0.254 e. The summed E-state index contributed by atoms with van der Waals surface area (Å²) < 4.78 is 32.8. The molecule has 1 heterocycles. The quantitative estimate of drug-likeness (QED) is 0.555. The summed E-state index contributed by atoms with van der Waals surface area (Å²) in [5.74, 6) is 0.298. The second kappa shape index (κ2) is 11.9. The van der Waals surface area contributed by atoms with Gasteiger partial charge in [-0.1, -0.05) is 26.0 Å². The predicted molar refractivity (Wildman–Crippen MR) is 139 cm³/mol. The third kappa shape index (κ3) is 6.06. The van der Waals surface area contributed by atoms with Crippen molar-refractivity contribution in [2.24, 2.45) is 10.7 Å². The van der Waals surface area contributed by atoms with Crippen molar-refractivity contribution in [3.05, 3.63) is 76.4 Å². The van der Waals surface area contributed by atoms with Crippen molar-refractivity contribution < 1.29 is 18.1 Å². The van der Waals surface area contributed by atoms with Crippen molar-refractivity contribution in [2.75, 3.05) is 19.4 Å². The number of carbonyl (C=O) groups excluding carboxylic acids is 1. The molecule has 8 heteroatoms. The van der Waals surface area contributed by atoms with Gasteiger partial charge in [0.1, 0.15) is 24.0 Å². The highest BCUT2D eigenvalue weighted by atomic mass is 32.2. The van der Waals surface area contributed by atoms with E-state index in [0.717, 1.165) is 23.1 Å². The van der Waals surface area contributed by atoms with Crippen molar-refractivity contribution in [1.82, 2.24) is 4.90 Å². The first kappa shape index (κ1) is 26.3. The molecule has 1 aliphatic rings. The molecular formula is C27H32FN3O3S. The average Bonchev–Trinajstić information content (AvgIpc) is 3.07. The first-order valence-corrected chi connectivity index (χ1v) is 13.2. The van der Waals surface area contributed by atoms with Crippen LogP contribution < -0.4 is 10.5 Å². The van der Waals surface area contributed by atoms with E-state index in [1.165, 1.54) is 12.3 Å². The van der Waals surface area contributed by atoms with Gasteiger partial charge in [-0.2, -0.15) is 0 Å². The number of halogens is 1. The van der Waals surface area contributed by atoms with E-state index >= 15 is 0 Å². The topological polar surface area (TPSA) is 85.0 Å². The molecule has 1 aliphatic heterocycles. The van der Waals surface area contributed by atoms with Gasteiger partial charge in [0.05, 0.1) is 22.2 Å². The lowest BCUT2D eigenvalue weighted by Crippen LogP contribution is -2.33. The number of nitrogens with zero attached hydrogens (tertiary/aromatic N) is 2. The van der Waals surface area contributed by atoms with E-state index in [2.05, 4.69) is 11.1 Å². The molecule has 0 spiro atoms. The Balaban J connectivity index is 1.95. The zero-order chi connectivity index (χ0) is 25.5. The van der Waals surface area contributed by atoms with Gasteiger partial charge < -0.3 is 15.4 Å². The van der Waals surface area contributed by atoms with Crippen LogP contribution in [-0.4, -0.2) is 40.6 Å². The number of nitrogens with two attached hydrogens (primary N) is 1. The maximum atomic E-state index is 15.0. The van der Waals surface area contributed by atoms with Gasteiger partial charge in [-0.25, -0.2) is 9.38 Å². The van der Waals surface area contributed by atoms with Crippen LogP contribution in [0.4, 0.5) is 4.39 Å². The molecule has 35 heavy (non-hydrogen) atoms. The largest absolute Gasteiger partial charge is 0.491 e. The molecule has 2 aromatic rings. The molecule has 1 unspecified atom stereocenters. The lowest BCUT2D eigenvalue weighted by Gasteiger charge is -2.22. The predicted octanol–water partition coefficient (Wildman–Crippen LogP) is 4.84. The number of hydrogen-bond donors (Lipinski definition) is 1. The summed E-state index contributed by atoms with van der Waals surface area (Å²) in [4.78, 5) is 19.6. The van der Waals surface area contributed by atoms with Gasteiger partial charge >= 0.3 is 0 Å². The van der Waals surface area contributed by atoms with Crippen molar-refractivity contribution in [3.63, 3.8) is 0 Å². The fourth-order valence-electron chi connectivity index (χ4n) is 3.97. The molecule has 2 N–H and O–H groups in total. The highest BCUT2D eigenvalue weighted by Crippen LogP contribution is 2.29. The minimum atomic E-state index is -1.47. The molecule has 6 nitrogen and oxygen atoms in total. The number of hydrogen-bond acceptors (Lipinski definition) is 5. The summed E-state index contributed by atoms with van der Waals surface area (Å²) in [5, 5.41) is 0. The number of benzene rings is 2. The number of ether oxygens (including phenoxy) is 1. The van der Waals surface area contributed by atoms with Crippen LogP contribution in [0.2, 0.25) is 0 Å².